The van der Waals surface area contributed by atoms with Gasteiger partial charge >= 0.3 is 6.03 Å². The van der Waals surface area contributed by atoms with Crippen LogP contribution < -0.4 is 16.1 Å². The zero-order valence-corrected chi connectivity index (χ0v) is 15.1. The molecule has 4 rings (SSSR count). The first-order chi connectivity index (χ1) is 13.2. The number of anilines is 1. The number of aromatic nitrogens is 3. The van der Waals surface area contributed by atoms with E-state index in [1.165, 1.54) is 5.57 Å². The maximum absolute atomic E-state index is 11.7. The van der Waals surface area contributed by atoms with Crippen molar-refractivity contribution in [3.8, 4) is 11.1 Å². The van der Waals surface area contributed by atoms with E-state index in [4.69, 9.17) is 4.84 Å². The van der Waals surface area contributed by atoms with Crippen LogP contribution in [0.15, 0.2) is 48.4 Å². The summed E-state index contributed by atoms with van der Waals surface area (Å²) in [6, 6.07) is 7.63. The van der Waals surface area contributed by atoms with Gasteiger partial charge in [0.15, 0.2) is 5.82 Å². The Kier molecular flexibility index (Phi) is 4.47. The molecule has 0 atom stereocenters. The molecule has 0 radical (unpaired) electrons. The van der Waals surface area contributed by atoms with Crippen LogP contribution in [0, 0.1) is 0 Å². The molecule has 0 saturated heterocycles. The minimum atomic E-state index is -0.316. The van der Waals surface area contributed by atoms with E-state index in [0.29, 0.717) is 5.82 Å². The number of rotatable bonds is 5. The first-order valence-corrected chi connectivity index (χ1v) is 8.63. The maximum atomic E-state index is 11.7. The molecular weight excluding hydrogens is 344 g/mol. The van der Waals surface area contributed by atoms with E-state index in [1.54, 1.807) is 26.6 Å². The highest BCUT2D eigenvalue weighted by atomic mass is 16.6. The van der Waals surface area contributed by atoms with Crippen molar-refractivity contribution in [2.45, 2.75) is 12.8 Å². The number of allylic oxidation sites excluding steroid dienone is 1. The van der Waals surface area contributed by atoms with Crippen LogP contribution in [0.1, 0.15) is 18.5 Å². The molecule has 27 heavy (non-hydrogen) atoms. The lowest BCUT2D eigenvalue weighted by molar-refractivity contribution is 0.136. The molecule has 0 bridgehead atoms. The number of urea groups is 1. The van der Waals surface area contributed by atoms with Crippen molar-refractivity contribution in [1.29, 1.82) is 0 Å². The van der Waals surface area contributed by atoms with Crippen LogP contribution in [0.25, 0.3) is 22.5 Å². The Balaban J connectivity index is 1.89. The van der Waals surface area contributed by atoms with Crippen LogP contribution in [0.5, 0.6) is 0 Å². The molecule has 3 aromatic heterocycles. The van der Waals surface area contributed by atoms with Gasteiger partial charge in [0.1, 0.15) is 5.65 Å². The van der Waals surface area contributed by atoms with Crippen molar-refractivity contribution in [2.75, 3.05) is 19.5 Å². The van der Waals surface area contributed by atoms with E-state index >= 15 is 0 Å². The number of hydrogen-bond donors (Lipinski definition) is 3. The second-order valence-corrected chi connectivity index (χ2v) is 6.21. The molecule has 0 aliphatic heterocycles. The van der Waals surface area contributed by atoms with Crippen LogP contribution in [-0.2, 0) is 4.84 Å². The van der Waals surface area contributed by atoms with Gasteiger partial charge in [0.2, 0.25) is 0 Å². The van der Waals surface area contributed by atoms with Gasteiger partial charge in [-0.3, -0.25) is 25.0 Å². The molecule has 1 aliphatic carbocycles. The van der Waals surface area contributed by atoms with E-state index in [2.05, 4.69) is 32.1 Å². The number of fused-ring (bicyclic) bond motifs is 1. The Labute approximate surface area is 156 Å². The Morgan fingerprint density at radius 3 is 2.78 bits per heavy atom. The minimum absolute atomic E-state index is 0.316. The molecule has 2 amide bonds. The fourth-order valence-corrected chi connectivity index (χ4v) is 2.94. The summed E-state index contributed by atoms with van der Waals surface area (Å²) < 4.78 is 1.94. The third-order valence-electron chi connectivity index (χ3n) is 4.35. The molecule has 1 aliphatic rings. The molecule has 1 fully saturated rings. The first-order valence-electron chi connectivity index (χ1n) is 8.63. The highest BCUT2D eigenvalue weighted by Gasteiger charge is 2.22. The maximum Gasteiger partial charge on any atom is 0.320 e. The van der Waals surface area contributed by atoms with Crippen LogP contribution in [0.4, 0.5) is 10.6 Å². The molecule has 3 heterocycles. The summed E-state index contributed by atoms with van der Waals surface area (Å²) in [6.45, 7) is 0. The molecule has 3 N–H and O–H groups in total. The van der Waals surface area contributed by atoms with Crippen molar-refractivity contribution in [2.24, 2.45) is 0 Å². The topological polar surface area (TPSA) is 92.6 Å². The van der Waals surface area contributed by atoms with Gasteiger partial charge in [0.05, 0.1) is 24.7 Å². The van der Waals surface area contributed by atoms with Crippen molar-refractivity contribution in [3.05, 3.63) is 54.1 Å². The predicted molar refractivity (Wildman–Crippen MR) is 103 cm³/mol. The molecule has 0 aromatic carbocycles. The van der Waals surface area contributed by atoms with Crippen molar-refractivity contribution in [1.82, 2.24) is 25.2 Å². The summed E-state index contributed by atoms with van der Waals surface area (Å²) in [5, 5.41) is 5.25. The highest BCUT2D eigenvalue weighted by molar-refractivity contribution is 5.88. The SMILES string of the molecule is CNC(=O)Nc1cn2c(C(NOC)=C3CC3)cc(-c3cccnc3)cc2n1. The molecule has 0 unspecified atom stereocenters. The first kappa shape index (κ1) is 17.0. The smallest absolute Gasteiger partial charge is 0.320 e. The number of carbonyl (C=O) groups is 1. The fourth-order valence-electron chi connectivity index (χ4n) is 2.94. The molecule has 8 heteroatoms. The van der Waals surface area contributed by atoms with Gasteiger partial charge in [-0.1, -0.05) is 6.07 Å². The summed E-state index contributed by atoms with van der Waals surface area (Å²) in [5.41, 5.74) is 8.83. The van der Waals surface area contributed by atoms with E-state index in [-0.39, 0.29) is 6.03 Å². The number of nitrogens with one attached hydrogen (secondary N) is 3. The summed E-state index contributed by atoms with van der Waals surface area (Å²) in [7, 11) is 3.16. The quantitative estimate of drug-likeness (QED) is 0.606. The van der Waals surface area contributed by atoms with Gasteiger partial charge in [-0.15, -0.1) is 0 Å². The Morgan fingerprint density at radius 2 is 2.11 bits per heavy atom. The molecule has 8 nitrogen and oxygen atoms in total. The second-order valence-electron chi connectivity index (χ2n) is 6.21. The normalized spacial score (nSPS) is 12.7. The number of imidazole rings is 1. The van der Waals surface area contributed by atoms with Gasteiger partial charge in [-0.2, -0.15) is 0 Å². The largest absolute Gasteiger partial charge is 0.341 e. The average molecular weight is 364 g/mol. The summed E-state index contributed by atoms with van der Waals surface area (Å²) >= 11 is 0. The molecule has 0 spiro atoms. The number of amides is 2. The van der Waals surface area contributed by atoms with E-state index in [9.17, 15) is 4.79 Å². The van der Waals surface area contributed by atoms with Crippen LogP contribution >= 0.6 is 0 Å². The predicted octanol–water partition coefficient (Wildman–Crippen LogP) is 2.80. The van der Waals surface area contributed by atoms with Crippen molar-refractivity contribution in [3.63, 3.8) is 0 Å². The molecule has 3 aromatic rings. The number of pyridine rings is 2. The van der Waals surface area contributed by atoms with E-state index in [1.807, 2.05) is 28.8 Å². The van der Waals surface area contributed by atoms with E-state index in [0.717, 1.165) is 41.0 Å². The molecular formula is C19H20N6O2. The van der Waals surface area contributed by atoms with Crippen molar-refractivity contribution >= 4 is 23.2 Å². The monoisotopic (exact) mass is 364 g/mol. The third-order valence-corrected chi connectivity index (χ3v) is 4.35. The lowest BCUT2D eigenvalue weighted by atomic mass is 10.1. The van der Waals surface area contributed by atoms with Gasteiger partial charge in [0, 0.05) is 25.0 Å². The average Bonchev–Trinajstić information content (AvgIpc) is 3.45. The summed E-state index contributed by atoms with van der Waals surface area (Å²) in [6.07, 6.45) is 7.42. The Morgan fingerprint density at radius 1 is 1.26 bits per heavy atom. The van der Waals surface area contributed by atoms with Crippen LogP contribution in [-0.4, -0.2) is 34.6 Å². The summed E-state index contributed by atoms with van der Waals surface area (Å²) in [5.74, 6) is 0.469. The Hall–Kier alpha value is -3.39. The Bertz CT molecular complexity index is 1020. The number of hydroxylamine groups is 1. The van der Waals surface area contributed by atoms with Crippen LogP contribution in [0.2, 0.25) is 0 Å². The highest BCUT2D eigenvalue weighted by Crippen LogP contribution is 2.36. The molecule has 138 valence electrons. The number of hydrogen-bond acceptors (Lipinski definition) is 5. The second kappa shape index (κ2) is 7.08. The lowest BCUT2D eigenvalue weighted by Crippen LogP contribution is -2.24. The lowest BCUT2D eigenvalue weighted by Gasteiger charge is -2.13. The van der Waals surface area contributed by atoms with Gasteiger partial charge in [0.25, 0.3) is 0 Å². The number of nitrogens with zero attached hydrogens (tertiary/aromatic N) is 3. The van der Waals surface area contributed by atoms with Gasteiger partial charge in [-0.25, -0.2) is 9.78 Å². The summed E-state index contributed by atoms with van der Waals surface area (Å²) in [4.78, 5) is 25.6. The van der Waals surface area contributed by atoms with Crippen molar-refractivity contribution < 1.29 is 9.63 Å². The van der Waals surface area contributed by atoms with Crippen LogP contribution in [0.3, 0.4) is 0 Å². The standard InChI is InChI=1S/C19H20N6O2/c1-20-19(26)23-16-11-25-15(18(24-27-2)12-5-6-12)8-14(9-17(25)22-16)13-4-3-7-21-10-13/h3-4,7-11,24H,5-6H2,1-2H3,(H2,20,23,26). The van der Waals surface area contributed by atoms with E-state index < -0.39 is 0 Å². The van der Waals surface area contributed by atoms with Gasteiger partial charge < -0.3 is 5.32 Å². The molecule has 1 saturated carbocycles. The van der Waals surface area contributed by atoms with Gasteiger partial charge in [-0.05, 0) is 42.2 Å². The minimum Gasteiger partial charge on any atom is -0.341 e. The zero-order chi connectivity index (χ0) is 18.8. The fraction of sp³-hybridized carbons (Fsp3) is 0.211. The zero-order valence-electron chi connectivity index (χ0n) is 15.1. The number of carbonyl (C=O) groups excluding carboxylic acids is 1. The third kappa shape index (κ3) is 3.47.